The Labute approximate surface area is 115 Å². The number of carbonyl (C=O) groups excluding carboxylic acids is 1. The Hall–Kier alpha value is -2.83. The number of ether oxygens (including phenoxy) is 2. The number of aromatic amines is 1. The van der Waals surface area contributed by atoms with Crippen LogP contribution in [0.5, 0.6) is 5.75 Å². The number of carbonyl (C=O) groups is 1. The molecule has 1 amide bonds. The fourth-order valence-corrected chi connectivity index (χ4v) is 1.58. The first-order chi connectivity index (χ1) is 9.74. The minimum absolute atomic E-state index is 0.629. The molecule has 0 bridgehead atoms. The first-order valence-corrected chi connectivity index (χ1v) is 5.79. The first kappa shape index (κ1) is 13.6. The first-order valence-electron chi connectivity index (χ1n) is 5.79. The van der Waals surface area contributed by atoms with Crippen LogP contribution in [-0.2, 0) is 4.74 Å². The zero-order valence-corrected chi connectivity index (χ0v) is 11.1. The standard InChI is InChI=1S/C13H14N4O3/c1-19-11-5-3-9(4-6-11)12-10(7-14-16-12)8-15-17-13(18)20-2/h3-8H,1-2H3,(H,14,16)(H,17,18)/b15-8-. The lowest BCUT2D eigenvalue weighted by Gasteiger charge is -2.02. The molecule has 0 aliphatic heterocycles. The number of nitrogens with one attached hydrogen (secondary N) is 2. The summed E-state index contributed by atoms with van der Waals surface area (Å²) in [5.74, 6) is 0.774. The van der Waals surface area contributed by atoms with Crippen molar-refractivity contribution in [2.75, 3.05) is 14.2 Å². The molecule has 7 nitrogen and oxygen atoms in total. The highest BCUT2D eigenvalue weighted by atomic mass is 16.5. The number of rotatable bonds is 4. The number of hydrogen-bond acceptors (Lipinski definition) is 5. The lowest BCUT2D eigenvalue weighted by molar-refractivity contribution is 0.171. The zero-order valence-electron chi connectivity index (χ0n) is 11.1. The molecule has 20 heavy (non-hydrogen) atoms. The Morgan fingerprint density at radius 1 is 1.35 bits per heavy atom. The van der Waals surface area contributed by atoms with Crippen LogP contribution in [0.1, 0.15) is 5.56 Å². The molecule has 0 radical (unpaired) electrons. The summed E-state index contributed by atoms with van der Waals surface area (Å²) in [7, 11) is 2.88. The highest BCUT2D eigenvalue weighted by Gasteiger charge is 2.06. The van der Waals surface area contributed by atoms with Crippen LogP contribution in [0.25, 0.3) is 11.3 Å². The van der Waals surface area contributed by atoms with Crippen molar-refractivity contribution in [1.82, 2.24) is 15.6 Å². The molecule has 2 rings (SSSR count). The highest BCUT2D eigenvalue weighted by Crippen LogP contribution is 2.22. The summed E-state index contributed by atoms with van der Waals surface area (Å²) >= 11 is 0. The van der Waals surface area contributed by atoms with Crippen LogP contribution in [0.15, 0.2) is 35.6 Å². The van der Waals surface area contributed by atoms with Gasteiger partial charge in [0.2, 0.25) is 0 Å². The summed E-state index contributed by atoms with van der Waals surface area (Å²) in [4.78, 5) is 10.9. The van der Waals surface area contributed by atoms with E-state index in [1.165, 1.54) is 13.3 Å². The number of hydrazone groups is 1. The fourth-order valence-electron chi connectivity index (χ4n) is 1.58. The van der Waals surface area contributed by atoms with E-state index in [4.69, 9.17) is 4.74 Å². The Bertz CT molecular complexity index is 604. The molecule has 2 N–H and O–H groups in total. The number of hydrogen-bond donors (Lipinski definition) is 2. The van der Waals surface area contributed by atoms with E-state index >= 15 is 0 Å². The maximum Gasteiger partial charge on any atom is 0.427 e. The van der Waals surface area contributed by atoms with E-state index in [1.807, 2.05) is 24.3 Å². The highest BCUT2D eigenvalue weighted by molar-refractivity contribution is 5.89. The van der Waals surface area contributed by atoms with Gasteiger partial charge in [-0.25, -0.2) is 10.2 Å². The van der Waals surface area contributed by atoms with Gasteiger partial charge in [-0.15, -0.1) is 0 Å². The lowest BCUT2D eigenvalue weighted by atomic mass is 10.1. The van der Waals surface area contributed by atoms with E-state index in [0.29, 0.717) is 0 Å². The predicted molar refractivity (Wildman–Crippen MR) is 73.7 cm³/mol. The normalized spacial score (nSPS) is 10.5. The molecular weight excluding hydrogens is 260 g/mol. The number of H-pyrrole nitrogens is 1. The van der Waals surface area contributed by atoms with Gasteiger partial charge in [-0.1, -0.05) is 0 Å². The van der Waals surface area contributed by atoms with Gasteiger partial charge < -0.3 is 9.47 Å². The van der Waals surface area contributed by atoms with Gasteiger partial charge in [0, 0.05) is 11.1 Å². The monoisotopic (exact) mass is 274 g/mol. The molecule has 0 atom stereocenters. The summed E-state index contributed by atoms with van der Waals surface area (Å²) in [6, 6.07) is 7.50. The van der Waals surface area contributed by atoms with Crippen LogP contribution >= 0.6 is 0 Å². The molecule has 0 saturated heterocycles. The molecule has 0 aliphatic rings. The van der Waals surface area contributed by atoms with Crippen molar-refractivity contribution in [3.8, 4) is 17.0 Å². The molecule has 0 spiro atoms. The molecule has 7 heteroatoms. The number of aromatic nitrogens is 2. The van der Waals surface area contributed by atoms with Crippen molar-refractivity contribution >= 4 is 12.3 Å². The summed E-state index contributed by atoms with van der Waals surface area (Å²) in [6.07, 6.45) is 2.47. The molecule has 1 aromatic heterocycles. The van der Waals surface area contributed by atoms with Crippen molar-refractivity contribution in [3.63, 3.8) is 0 Å². The van der Waals surface area contributed by atoms with Crippen LogP contribution in [-0.4, -0.2) is 36.7 Å². The zero-order chi connectivity index (χ0) is 14.4. The van der Waals surface area contributed by atoms with Crippen LogP contribution in [0.2, 0.25) is 0 Å². The van der Waals surface area contributed by atoms with E-state index in [1.54, 1.807) is 13.3 Å². The molecule has 0 saturated carbocycles. The number of nitrogens with zero attached hydrogens (tertiary/aromatic N) is 2. The summed E-state index contributed by atoms with van der Waals surface area (Å²) in [5.41, 5.74) is 4.68. The smallest absolute Gasteiger partial charge is 0.427 e. The maximum absolute atomic E-state index is 10.9. The predicted octanol–water partition coefficient (Wildman–Crippen LogP) is 1.78. The van der Waals surface area contributed by atoms with E-state index < -0.39 is 6.09 Å². The Kier molecular flexibility index (Phi) is 4.33. The van der Waals surface area contributed by atoms with Gasteiger partial charge in [0.05, 0.1) is 32.3 Å². The Morgan fingerprint density at radius 3 is 2.75 bits per heavy atom. The Balaban J connectivity index is 2.17. The minimum atomic E-state index is -0.629. The molecule has 0 aliphatic carbocycles. The van der Waals surface area contributed by atoms with E-state index in [-0.39, 0.29) is 0 Å². The maximum atomic E-state index is 10.9. The van der Waals surface area contributed by atoms with E-state index in [9.17, 15) is 4.79 Å². The van der Waals surface area contributed by atoms with Crippen molar-refractivity contribution in [2.24, 2.45) is 5.10 Å². The van der Waals surface area contributed by atoms with Crippen LogP contribution < -0.4 is 10.2 Å². The van der Waals surface area contributed by atoms with Crippen molar-refractivity contribution in [2.45, 2.75) is 0 Å². The van der Waals surface area contributed by atoms with Crippen LogP contribution in [0.4, 0.5) is 4.79 Å². The van der Waals surface area contributed by atoms with Gasteiger partial charge in [0.15, 0.2) is 0 Å². The molecule has 2 aromatic rings. The number of methoxy groups -OCH3 is 2. The third kappa shape index (κ3) is 3.14. The van der Waals surface area contributed by atoms with Crippen LogP contribution in [0.3, 0.4) is 0 Å². The third-order valence-electron chi connectivity index (χ3n) is 2.59. The molecule has 1 aromatic carbocycles. The molecule has 1 heterocycles. The molecule has 104 valence electrons. The van der Waals surface area contributed by atoms with E-state index in [2.05, 4.69) is 25.5 Å². The van der Waals surface area contributed by atoms with Gasteiger partial charge in [-0.3, -0.25) is 5.10 Å². The second kappa shape index (κ2) is 6.37. The van der Waals surface area contributed by atoms with Gasteiger partial charge in [-0.2, -0.15) is 10.2 Å². The topological polar surface area (TPSA) is 88.6 Å². The van der Waals surface area contributed by atoms with Crippen molar-refractivity contribution in [3.05, 3.63) is 36.0 Å². The van der Waals surface area contributed by atoms with Crippen LogP contribution in [0, 0.1) is 0 Å². The SMILES string of the molecule is COC(=O)N/N=C\c1cn[nH]c1-c1ccc(OC)cc1. The van der Waals surface area contributed by atoms with E-state index in [0.717, 1.165) is 22.6 Å². The van der Waals surface area contributed by atoms with Gasteiger partial charge >= 0.3 is 6.09 Å². The Morgan fingerprint density at radius 2 is 2.10 bits per heavy atom. The number of benzene rings is 1. The van der Waals surface area contributed by atoms with Gasteiger partial charge in [-0.05, 0) is 24.3 Å². The van der Waals surface area contributed by atoms with Gasteiger partial charge in [0.1, 0.15) is 5.75 Å². The average molecular weight is 274 g/mol. The molecule has 0 unspecified atom stereocenters. The second-order valence-corrected chi connectivity index (χ2v) is 3.79. The summed E-state index contributed by atoms with van der Waals surface area (Å²) < 4.78 is 9.52. The third-order valence-corrected chi connectivity index (χ3v) is 2.59. The second-order valence-electron chi connectivity index (χ2n) is 3.79. The van der Waals surface area contributed by atoms with Gasteiger partial charge in [0.25, 0.3) is 0 Å². The molecule has 0 fully saturated rings. The fraction of sp³-hybridized carbons (Fsp3) is 0.154. The lowest BCUT2D eigenvalue weighted by Crippen LogP contribution is -2.16. The number of amides is 1. The quantitative estimate of drug-likeness (QED) is 0.657. The largest absolute Gasteiger partial charge is 0.497 e. The van der Waals surface area contributed by atoms with Crippen molar-refractivity contribution < 1.29 is 14.3 Å². The van der Waals surface area contributed by atoms with Crippen molar-refractivity contribution in [1.29, 1.82) is 0 Å². The summed E-state index contributed by atoms with van der Waals surface area (Å²) in [5, 5.41) is 10.6. The minimum Gasteiger partial charge on any atom is -0.497 e. The average Bonchev–Trinajstić information content (AvgIpc) is 2.95. The molecular formula is C13H14N4O3. The summed E-state index contributed by atoms with van der Waals surface area (Å²) in [6.45, 7) is 0.